The molecular weight excluding hydrogens is 337 g/mol. The quantitative estimate of drug-likeness (QED) is 0.789. The number of rotatable bonds is 3. The molecule has 0 amide bonds. The average Bonchev–Trinajstić information content (AvgIpc) is 2.86. The first kappa shape index (κ1) is 14.8. The van der Waals surface area contributed by atoms with Gasteiger partial charge in [-0.2, -0.15) is 18.3 Å². The van der Waals surface area contributed by atoms with Crippen LogP contribution in [0.1, 0.15) is 28.4 Å². The van der Waals surface area contributed by atoms with Gasteiger partial charge in [0.2, 0.25) is 0 Å². The first-order valence-electron chi connectivity index (χ1n) is 5.77. The molecule has 0 aliphatic heterocycles. The second-order valence-corrected chi connectivity index (χ2v) is 4.96. The Labute approximate surface area is 121 Å². The highest BCUT2D eigenvalue weighted by Gasteiger charge is 2.33. The van der Waals surface area contributed by atoms with E-state index in [1.807, 2.05) is 6.92 Å². The highest BCUT2D eigenvalue weighted by atomic mass is 79.9. The van der Waals surface area contributed by atoms with Crippen LogP contribution in [-0.4, -0.2) is 15.6 Å². The van der Waals surface area contributed by atoms with Crippen molar-refractivity contribution in [1.29, 1.82) is 0 Å². The van der Waals surface area contributed by atoms with Crippen LogP contribution in [0, 0.1) is 0 Å². The number of carbonyl (C=O) groups is 1. The Morgan fingerprint density at radius 3 is 2.60 bits per heavy atom. The van der Waals surface area contributed by atoms with Crippen molar-refractivity contribution >= 4 is 21.7 Å². The smallest absolute Gasteiger partial charge is 0.288 e. The van der Waals surface area contributed by atoms with Crippen molar-refractivity contribution in [3.63, 3.8) is 0 Å². The predicted octanol–water partition coefficient (Wildman–Crippen LogP) is 3.92. The molecule has 0 saturated carbocycles. The molecule has 2 rings (SSSR count). The van der Waals surface area contributed by atoms with Crippen LogP contribution in [0.3, 0.4) is 0 Å². The van der Waals surface area contributed by atoms with Crippen molar-refractivity contribution in [1.82, 2.24) is 9.78 Å². The molecule has 7 heteroatoms. The number of hydrogen-bond donors (Lipinski definition) is 0. The third-order valence-corrected chi connectivity index (χ3v) is 3.44. The monoisotopic (exact) mass is 346 g/mol. The van der Waals surface area contributed by atoms with Crippen LogP contribution in [-0.2, 0) is 12.7 Å². The maximum absolute atomic E-state index is 12.8. The summed E-state index contributed by atoms with van der Waals surface area (Å²) < 4.78 is 39.8. The number of nitrogens with zero attached hydrogens (tertiary/aromatic N) is 2. The van der Waals surface area contributed by atoms with Gasteiger partial charge in [0.1, 0.15) is 0 Å². The molecule has 0 N–H and O–H groups in total. The molecule has 0 aliphatic rings. The number of aromatic nitrogens is 2. The van der Waals surface area contributed by atoms with Gasteiger partial charge in [-0.25, -0.2) is 0 Å². The topological polar surface area (TPSA) is 34.9 Å². The molecule has 1 aromatic carbocycles. The standard InChI is InChI=1S/C13H10BrF3N2O/c1-2-19-7-9(6-18-19)12(20)8-3-4-11(14)10(5-8)13(15,16)17/h3-7H,2H2,1H3. The van der Waals surface area contributed by atoms with Crippen LogP contribution in [0.15, 0.2) is 35.1 Å². The number of carbonyl (C=O) groups excluding carboxylic acids is 1. The molecule has 0 atom stereocenters. The molecule has 106 valence electrons. The average molecular weight is 347 g/mol. The van der Waals surface area contributed by atoms with Crippen LogP contribution in [0.2, 0.25) is 0 Å². The summed E-state index contributed by atoms with van der Waals surface area (Å²) in [5, 5.41) is 3.93. The highest BCUT2D eigenvalue weighted by Crippen LogP contribution is 2.35. The molecule has 0 fully saturated rings. The van der Waals surface area contributed by atoms with E-state index in [-0.39, 0.29) is 15.6 Å². The molecule has 0 spiro atoms. The Kier molecular flexibility index (Phi) is 3.99. The van der Waals surface area contributed by atoms with Gasteiger partial charge in [0.15, 0.2) is 5.78 Å². The molecule has 0 radical (unpaired) electrons. The minimum Gasteiger partial charge on any atom is -0.288 e. The third-order valence-electron chi connectivity index (χ3n) is 2.75. The van der Waals surface area contributed by atoms with Crippen molar-refractivity contribution in [2.24, 2.45) is 0 Å². The third kappa shape index (κ3) is 2.92. The SMILES string of the molecule is CCn1cc(C(=O)c2ccc(Br)c(C(F)(F)F)c2)cn1. The van der Waals surface area contributed by atoms with E-state index in [1.54, 1.807) is 0 Å². The fourth-order valence-electron chi connectivity index (χ4n) is 1.70. The van der Waals surface area contributed by atoms with E-state index in [4.69, 9.17) is 0 Å². The molecule has 0 unspecified atom stereocenters. The Bertz CT molecular complexity index is 649. The van der Waals surface area contributed by atoms with E-state index >= 15 is 0 Å². The van der Waals surface area contributed by atoms with E-state index < -0.39 is 17.5 Å². The molecule has 0 saturated heterocycles. The number of ketones is 1. The number of halogens is 4. The van der Waals surface area contributed by atoms with Crippen LogP contribution in [0.25, 0.3) is 0 Å². The van der Waals surface area contributed by atoms with Crippen molar-refractivity contribution in [2.45, 2.75) is 19.6 Å². The first-order valence-corrected chi connectivity index (χ1v) is 6.56. The molecule has 0 bridgehead atoms. The summed E-state index contributed by atoms with van der Waals surface area (Å²) in [6, 6.07) is 3.42. The number of aryl methyl sites for hydroxylation is 1. The largest absolute Gasteiger partial charge is 0.417 e. The first-order chi connectivity index (χ1) is 9.32. The zero-order valence-corrected chi connectivity index (χ0v) is 12.0. The Morgan fingerprint density at radius 2 is 2.05 bits per heavy atom. The maximum Gasteiger partial charge on any atom is 0.417 e. The van der Waals surface area contributed by atoms with Crippen LogP contribution in [0.5, 0.6) is 0 Å². The lowest BCUT2D eigenvalue weighted by Gasteiger charge is -2.10. The Hall–Kier alpha value is -1.63. The summed E-state index contributed by atoms with van der Waals surface area (Å²) in [5.74, 6) is -0.484. The van der Waals surface area contributed by atoms with E-state index in [9.17, 15) is 18.0 Å². The van der Waals surface area contributed by atoms with E-state index in [0.717, 1.165) is 6.07 Å². The number of benzene rings is 1. The summed E-state index contributed by atoms with van der Waals surface area (Å²) in [6.07, 6.45) is -1.65. The maximum atomic E-state index is 12.8. The lowest BCUT2D eigenvalue weighted by molar-refractivity contribution is -0.138. The van der Waals surface area contributed by atoms with Crippen LogP contribution >= 0.6 is 15.9 Å². The van der Waals surface area contributed by atoms with Crippen LogP contribution in [0.4, 0.5) is 13.2 Å². The molecule has 20 heavy (non-hydrogen) atoms. The van der Waals surface area contributed by atoms with Gasteiger partial charge in [-0.3, -0.25) is 9.48 Å². The molecule has 1 aromatic heterocycles. The molecular formula is C13H10BrF3N2O. The van der Waals surface area contributed by atoms with E-state index in [1.165, 1.54) is 29.2 Å². The second kappa shape index (κ2) is 5.40. The highest BCUT2D eigenvalue weighted by molar-refractivity contribution is 9.10. The van der Waals surface area contributed by atoms with E-state index in [2.05, 4.69) is 21.0 Å². The van der Waals surface area contributed by atoms with Gasteiger partial charge in [0.05, 0.1) is 17.3 Å². The molecule has 0 aliphatic carbocycles. The molecule has 2 aromatic rings. The lowest BCUT2D eigenvalue weighted by Crippen LogP contribution is -2.09. The number of alkyl halides is 3. The Morgan fingerprint density at radius 1 is 1.35 bits per heavy atom. The van der Waals surface area contributed by atoms with Crippen molar-refractivity contribution in [3.8, 4) is 0 Å². The van der Waals surface area contributed by atoms with Crippen molar-refractivity contribution in [2.75, 3.05) is 0 Å². The zero-order chi connectivity index (χ0) is 14.9. The summed E-state index contributed by atoms with van der Waals surface area (Å²) in [7, 11) is 0. The minimum absolute atomic E-state index is 0.0174. The summed E-state index contributed by atoms with van der Waals surface area (Å²) >= 11 is 2.84. The Balaban J connectivity index is 2.40. The van der Waals surface area contributed by atoms with Gasteiger partial charge >= 0.3 is 6.18 Å². The number of hydrogen-bond acceptors (Lipinski definition) is 2. The van der Waals surface area contributed by atoms with Crippen LogP contribution < -0.4 is 0 Å². The zero-order valence-electron chi connectivity index (χ0n) is 10.4. The van der Waals surface area contributed by atoms with E-state index in [0.29, 0.717) is 6.54 Å². The van der Waals surface area contributed by atoms with Gasteiger partial charge < -0.3 is 0 Å². The van der Waals surface area contributed by atoms with Gasteiger partial charge in [-0.15, -0.1) is 0 Å². The van der Waals surface area contributed by atoms with Gasteiger partial charge in [0, 0.05) is 22.8 Å². The predicted molar refractivity (Wildman–Crippen MR) is 70.5 cm³/mol. The molecule has 3 nitrogen and oxygen atoms in total. The van der Waals surface area contributed by atoms with Crippen molar-refractivity contribution < 1.29 is 18.0 Å². The van der Waals surface area contributed by atoms with Gasteiger partial charge in [0.25, 0.3) is 0 Å². The fraction of sp³-hybridized carbons (Fsp3) is 0.231. The van der Waals surface area contributed by atoms with Gasteiger partial charge in [-0.05, 0) is 25.1 Å². The second-order valence-electron chi connectivity index (χ2n) is 4.11. The van der Waals surface area contributed by atoms with Crippen molar-refractivity contribution in [3.05, 3.63) is 51.8 Å². The summed E-state index contributed by atoms with van der Waals surface area (Å²) in [4.78, 5) is 12.1. The normalized spacial score (nSPS) is 11.7. The minimum atomic E-state index is -4.51. The summed E-state index contributed by atoms with van der Waals surface area (Å²) in [5.41, 5.74) is -0.621. The summed E-state index contributed by atoms with van der Waals surface area (Å²) in [6.45, 7) is 2.43. The van der Waals surface area contributed by atoms with Gasteiger partial charge in [-0.1, -0.05) is 15.9 Å². The fourth-order valence-corrected chi connectivity index (χ4v) is 2.18. The lowest BCUT2D eigenvalue weighted by atomic mass is 10.0. The molecule has 1 heterocycles.